The fourth-order valence-electron chi connectivity index (χ4n) is 0. The fourth-order valence-corrected chi connectivity index (χ4v) is 0. The SMILES string of the molecule is CC(C)[O-].CC(C)[O-].CC(C)[O-].CC(C)[O-].[N].[Ti+4]. The molecule has 109 valence electrons. The van der Waals surface area contributed by atoms with Crippen molar-refractivity contribution < 1.29 is 42.1 Å². The molecule has 6 heteroatoms. The average molecular weight is 298 g/mol. The smallest absolute Gasteiger partial charge is 0.852 e. The van der Waals surface area contributed by atoms with Crippen LogP contribution in [-0.2, 0) is 21.7 Å². The van der Waals surface area contributed by atoms with Crippen molar-refractivity contribution in [2.75, 3.05) is 0 Å². The summed E-state index contributed by atoms with van der Waals surface area (Å²) >= 11 is 0. The zero-order valence-corrected chi connectivity index (χ0v) is 14.5. The Bertz CT molecular complexity index is 67.1. The molecule has 0 heterocycles. The van der Waals surface area contributed by atoms with E-state index < -0.39 is 24.4 Å². The molecular weight excluding hydrogens is 270 g/mol. The Morgan fingerprint density at radius 2 is 0.444 bits per heavy atom. The van der Waals surface area contributed by atoms with Crippen LogP contribution in [0.4, 0.5) is 0 Å². The van der Waals surface area contributed by atoms with Crippen LogP contribution >= 0.6 is 0 Å². The summed E-state index contributed by atoms with van der Waals surface area (Å²) in [5.74, 6) is 0. The summed E-state index contributed by atoms with van der Waals surface area (Å²) in [6.07, 6.45) is -1.67. The van der Waals surface area contributed by atoms with Gasteiger partial charge in [-0.1, -0.05) is 55.4 Å². The molecule has 0 unspecified atom stereocenters. The van der Waals surface area contributed by atoms with Crippen LogP contribution in [0.1, 0.15) is 55.4 Å². The van der Waals surface area contributed by atoms with Crippen molar-refractivity contribution >= 4 is 0 Å². The first-order valence-corrected chi connectivity index (χ1v) is 5.56. The standard InChI is InChI=1S/4C3H7O.N.Ti/c4*1-3(2)4;;/h4*3H,1-2H3;;/q4*-1;;+4. The zero-order chi connectivity index (χ0) is 14.3. The van der Waals surface area contributed by atoms with Gasteiger partial charge in [-0.15, -0.1) is 24.4 Å². The molecule has 0 atom stereocenters. The van der Waals surface area contributed by atoms with Gasteiger partial charge in [0.05, 0.1) is 0 Å². The van der Waals surface area contributed by atoms with Crippen molar-refractivity contribution in [3.8, 4) is 0 Å². The molecule has 0 spiro atoms. The van der Waals surface area contributed by atoms with Gasteiger partial charge in [-0.05, 0) is 0 Å². The minimum absolute atomic E-state index is 0. The van der Waals surface area contributed by atoms with E-state index in [1.165, 1.54) is 0 Å². The summed E-state index contributed by atoms with van der Waals surface area (Å²) in [6.45, 7) is 12.9. The van der Waals surface area contributed by atoms with Gasteiger partial charge >= 0.3 is 21.7 Å². The molecule has 18 heavy (non-hydrogen) atoms. The molecule has 0 aliphatic heterocycles. The normalized spacial score (nSPS) is 8.00. The Balaban J connectivity index is -0.0000000257. The van der Waals surface area contributed by atoms with Gasteiger partial charge in [0.25, 0.3) is 0 Å². The molecular formula is C12H28NO4Ti. The van der Waals surface area contributed by atoms with Crippen LogP contribution in [0.2, 0.25) is 0 Å². The van der Waals surface area contributed by atoms with Crippen molar-refractivity contribution in [3.63, 3.8) is 0 Å². The molecule has 0 saturated heterocycles. The Labute approximate surface area is 128 Å². The number of nitrogens with zero attached hydrogens (tertiary/aromatic N) is 1. The third-order valence-corrected chi connectivity index (χ3v) is 0. The zero-order valence-electron chi connectivity index (χ0n) is 12.9. The van der Waals surface area contributed by atoms with Gasteiger partial charge in [0.15, 0.2) is 0 Å². The number of hydrogen-bond donors (Lipinski definition) is 0. The maximum Gasteiger partial charge on any atom is 4.00 e. The van der Waals surface area contributed by atoms with Crippen molar-refractivity contribution in [2.24, 2.45) is 0 Å². The molecule has 0 bridgehead atoms. The first-order valence-electron chi connectivity index (χ1n) is 5.56. The molecule has 0 aromatic heterocycles. The molecule has 5 nitrogen and oxygen atoms in total. The van der Waals surface area contributed by atoms with Crippen LogP contribution < -0.4 is 26.6 Å². The predicted molar refractivity (Wildman–Crippen MR) is 62.7 cm³/mol. The van der Waals surface area contributed by atoms with Crippen LogP contribution in [0.5, 0.6) is 0 Å². The van der Waals surface area contributed by atoms with Crippen LogP contribution in [-0.4, -0.2) is 24.4 Å². The minimum atomic E-state index is -0.417. The Morgan fingerprint density at radius 1 is 0.444 bits per heavy atom. The second-order valence-electron chi connectivity index (χ2n) is 4.20. The summed E-state index contributed by atoms with van der Waals surface area (Å²) in [4.78, 5) is 0. The van der Waals surface area contributed by atoms with Crippen molar-refractivity contribution in [2.45, 2.75) is 79.8 Å². The topological polar surface area (TPSA) is 123 Å². The molecule has 0 amide bonds. The van der Waals surface area contributed by atoms with Crippen molar-refractivity contribution in [1.29, 1.82) is 0 Å². The maximum absolute atomic E-state index is 9.53. The first-order chi connectivity index (χ1) is 6.93. The van der Waals surface area contributed by atoms with Gasteiger partial charge in [-0.2, -0.15) is 0 Å². The second kappa shape index (κ2) is 30.5. The van der Waals surface area contributed by atoms with E-state index in [1.54, 1.807) is 55.4 Å². The van der Waals surface area contributed by atoms with E-state index in [0.717, 1.165) is 0 Å². The number of hydrogen-bond acceptors (Lipinski definition) is 4. The Kier molecular flexibility index (Phi) is 61.4. The minimum Gasteiger partial charge on any atom is -0.852 e. The molecule has 0 N–H and O–H groups in total. The van der Waals surface area contributed by atoms with Gasteiger partial charge in [0.1, 0.15) is 0 Å². The molecule has 0 saturated carbocycles. The van der Waals surface area contributed by atoms with Crippen molar-refractivity contribution in [3.05, 3.63) is 0 Å². The molecule has 0 rings (SSSR count). The number of rotatable bonds is 0. The largest absolute Gasteiger partial charge is 4.00 e. The van der Waals surface area contributed by atoms with Crippen LogP contribution in [0.25, 0.3) is 0 Å². The monoisotopic (exact) mass is 298 g/mol. The van der Waals surface area contributed by atoms with E-state index in [0.29, 0.717) is 0 Å². The summed E-state index contributed by atoms with van der Waals surface area (Å²) in [5.41, 5.74) is 0. The van der Waals surface area contributed by atoms with E-state index in [2.05, 4.69) is 0 Å². The van der Waals surface area contributed by atoms with Gasteiger partial charge in [-0.25, -0.2) is 0 Å². The Hall–Kier alpha value is 0.514. The summed E-state index contributed by atoms with van der Waals surface area (Å²) in [6, 6.07) is 0. The molecule has 3 radical (unpaired) electrons. The fraction of sp³-hybridized carbons (Fsp3) is 1.00. The third kappa shape index (κ3) is 15000. The van der Waals surface area contributed by atoms with E-state index >= 15 is 0 Å². The average Bonchev–Trinajstić information content (AvgIpc) is 1.76. The van der Waals surface area contributed by atoms with E-state index in [1.807, 2.05) is 0 Å². The predicted octanol–water partition coefficient (Wildman–Crippen LogP) is -1.46. The molecule has 0 aliphatic rings. The van der Waals surface area contributed by atoms with E-state index in [-0.39, 0.29) is 27.9 Å². The van der Waals surface area contributed by atoms with Crippen LogP contribution in [0.3, 0.4) is 0 Å². The summed E-state index contributed by atoms with van der Waals surface area (Å²) in [5, 5.41) is 38.1. The summed E-state index contributed by atoms with van der Waals surface area (Å²) < 4.78 is 0. The van der Waals surface area contributed by atoms with Gasteiger partial charge in [0.2, 0.25) is 0 Å². The van der Waals surface area contributed by atoms with Crippen LogP contribution in [0.15, 0.2) is 0 Å². The Morgan fingerprint density at radius 3 is 0.444 bits per heavy atom. The van der Waals surface area contributed by atoms with Crippen molar-refractivity contribution in [1.82, 2.24) is 6.15 Å². The van der Waals surface area contributed by atoms with E-state index in [9.17, 15) is 20.4 Å². The molecule has 0 fully saturated rings. The van der Waals surface area contributed by atoms with Gasteiger partial charge < -0.3 is 20.4 Å². The molecule has 0 aromatic rings. The molecule has 0 aromatic carbocycles. The van der Waals surface area contributed by atoms with E-state index in [4.69, 9.17) is 0 Å². The second-order valence-corrected chi connectivity index (χ2v) is 4.20. The first kappa shape index (κ1) is 36.3. The van der Waals surface area contributed by atoms with Gasteiger partial charge in [0, 0.05) is 6.15 Å². The van der Waals surface area contributed by atoms with Crippen LogP contribution in [0, 0.1) is 0 Å². The third-order valence-electron chi connectivity index (χ3n) is 0. The maximum atomic E-state index is 9.53. The quantitative estimate of drug-likeness (QED) is 0.507. The molecule has 0 aliphatic carbocycles. The van der Waals surface area contributed by atoms with Gasteiger partial charge in [-0.3, -0.25) is 0 Å². The summed E-state index contributed by atoms with van der Waals surface area (Å²) in [7, 11) is 0.